The van der Waals surface area contributed by atoms with Gasteiger partial charge in [0.2, 0.25) is 0 Å². The summed E-state index contributed by atoms with van der Waals surface area (Å²) in [6.07, 6.45) is 1.88. The maximum absolute atomic E-state index is 13.4. The molecule has 0 saturated heterocycles. The summed E-state index contributed by atoms with van der Waals surface area (Å²) < 4.78 is 19.8. The molecule has 0 saturated carbocycles. The monoisotopic (exact) mass is 440 g/mol. The Morgan fingerprint density at radius 1 is 1.12 bits per heavy atom. The molecule has 0 aliphatic carbocycles. The number of halogens is 2. The van der Waals surface area contributed by atoms with Gasteiger partial charge in [0.1, 0.15) is 17.3 Å². The van der Waals surface area contributed by atoms with Gasteiger partial charge in [0.05, 0.1) is 15.6 Å². The third-order valence-corrected chi connectivity index (χ3v) is 4.61. The van der Waals surface area contributed by atoms with E-state index < -0.39 is 0 Å². The molecule has 3 nitrogen and oxygen atoms in total. The Morgan fingerprint density at radius 3 is 2.46 bits per heavy atom. The van der Waals surface area contributed by atoms with Crippen LogP contribution in [0.25, 0.3) is 0 Å². The minimum Gasteiger partial charge on any atom is -0.457 e. The number of hydrogen-bond donors (Lipinski definition) is 0. The fraction of sp³-hybridized carbons (Fsp3) is 0.316. The number of nitrogens with zero attached hydrogens (tertiary/aromatic N) is 2. The van der Waals surface area contributed by atoms with E-state index in [0.717, 1.165) is 35.7 Å². The van der Waals surface area contributed by atoms with E-state index in [1.807, 2.05) is 54.9 Å². The van der Waals surface area contributed by atoms with E-state index in [2.05, 4.69) is 23.7 Å². The molecule has 2 aromatic carbocycles. The highest BCUT2D eigenvalue weighted by Gasteiger charge is 2.08. The summed E-state index contributed by atoms with van der Waals surface area (Å²) in [6.45, 7) is 10.1. The van der Waals surface area contributed by atoms with Gasteiger partial charge >= 0.3 is 0 Å². The van der Waals surface area contributed by atoms with Crippen molar-refractivity contribution in [3.05, 3.63) is 50.8 Å². The lowest BCUT2D eigenvalue weighted by Crippen LogP contribution is -2.20. The Bertz CT molecular complexity index is 742. The lowest BCUT2D eigenvalue weighted by molar-refractivity contribution is 0.475. The van der Waals surface area contributed by atoms with E-state index in [1.54, 1.807) is 12.1 Å². The number of aliphatic imine (C=N–C) groups is 1. The molecule has 2 aromatic rings. The first-order valence-corrected chi connectivity index (χ1v) is 9.04. The quantitative estimate of drug-likeness (QED) is 0.320. The van der Waals surface area contributed by atoms with Crippen LogP contribution in [0.3, 0.4) is 0 Å². The summed E-state index contributed by atoms with van der Waals surface area (Å²) in [5.74, 6) is 1.15. The second-order valence-electron chi connectivity index (χ2n) is 5.55. The second kappa shape index (κ2) is 8.46. The minimum atomic E-state index is -0.239. The van der Waals surface area contributed by atoms with Crippen LogP contribution < -0.4 is 4.74 Å². The molecular formula is C19H22FIN2O. The normalized spacial score (nSPS) is 11.1. The van der Waals surface area contributed by atoms with E-state index in [-0.39, 0.29) is 5.82 Å². The van der Waals surface area contributed by atoms with Gasteiger partial charge in [0.15, 0.2) is 0 Å². The molecule has 0 spiro atoms. The van der Waals surface area contributed by atoms with Gasteiger partial charge in [0, 0.05) is 13.1 Å². The lowest BCUT2D eigenvalue weighted by Gasteiger charge is -2.15. The van der Waals surface area contributed by atoms with Crippen LogP contribution in [0, 0.1) is 23.2 Å². The smallest absolute Gasteiger partial charge is 0.136 e. The molecular weight excluding hydrogens is 418 g/mol. The fourth-order valence-electron chi connectivity index (χ4n) is 2.22. The van der Waals surface area contributed by atoms with Gasteiger partial charge in [-0.2, -0.15) is 0 Å². The number of rotatable bonds is 6. The molecule has 0 aliphatic heterocycles. The van der Waals surface area contributed by atoms with E-state index in [9.17, 15) is 4.39 Å². The molecule has 0 heterocycles. The first-order chi connectivity index (χ1) is 11.4. The molecule has 0 bridgehead atoms. The van der Waals surface area contributed by atoms with Crippen LogP contribution in [0.15, 0.2) is 35.3 Å². The van der Waals surface area contributed by atoms with Crippen molar-refractivity contribution < 1.29 is 9.13 Å². The predicted molar refractivity (Wildman–Crippen MR) is 106 cm³/mol. The summed E-state index contributed by atoms with van der Waals surface area (Å²) >= 11 is 1.96. The van der Waals surface area contributed by atoms with Gasteiger partial charge in [0.25, 0.3) is 0 Å². The molecule has 0 amide bonds. The number of ether oxygens (including phenoxy) is 1. The summed E-state index contributed by atoms with van der Waals surface area (Å²) in [7, 11) is 0. The zero-order valence-corrected chi connectivity index (χ0v) is 16.6. The highest BCUT2D eigenvalue weighted by Crippen LogP contribution is 2.32. The molecule has 5 heteroatoms. The Balaban J connectivity index is 2.24. The topological polar surface area (TPSA) is 24.8 Å². The third-order valence-electron chi connectivity index (χ3n) is 3.78. The van der Waals surface area contributed by atoms with Gasteiger partial charge in [-0.3, -0.25) is 0 Å². The van der Waals surface area contributed by atoms with Gasteiger partial charge in [-0.15, -0.1) is 0 Å². The summed E-state index contributed by atoms with van der Waals surface area (Å²) in [4.78, 5) is 6.72. The molecule has 0 aliphatic rings. The zero-order chi connectivity index (χ0) is 17.7. The first kappa shape index (κ1) is 18.7. The number of hydrogen-bond acceptors (Lipinski definition) is 2. The summed E-state index contributed by atoms with van der Waals surface area (Å²) in [5.41, 5.74) is 2.96. The fourth-order valence-corrected chi connectivity index (χ4v) is 2.71. The Morgan fingerprint density at radius 2 is 1.83 bits per heavy atom. The van der Waals surface area contributed by atoms with Crippen molar-refractivity contribution in [3.63, 3.8) is 0 Å². The van der Waals surface area contributed by atoms with Crippen LogP contribution in [-0.4, -0.2) is 24.3 Å². The van der Waals surface area contributed by atoms with Crippen molar-refractivity contribution in [1.29, 1.82) is 0 Å². The van der Waals surface area contributed by atoms with Gasteiger partial charge in [-0.25, -0.2) is 9.38 Å². The molecule has 0 aromatic heterocycles. The predicted octanol–water partition coefficient (Wildman–Crippen LogP) is 5.84. The van der Waals surface area contributed by atoms with Crippen LogP contribution in [0.5, 0.6) is 11.5 Å². The van der Waals surface area contributed by atoms with E-state index in [1.165, 1.54) is 6.07 Å². The van der Waals surface area contributed by atoms with Crippen LogP contribution in [0.2, 0.25) is 0 Å². The molecule has 2 rings (SSSR count). The third kappa shape index (κ3) is 4.69. The Labute approximate surface area is 156 Å². The van der Waals surface area contributed by atoms with Crippen LogP contribution in [0.1, 0.15) is 25.0 Å². The second-order valence-corrected chi connectivity index (χ2v) is 6.71. The Kier molecular flexibility index (Phi) is 6.60. The number of benzene rings is 2. The lowest BCUT2D eigenvalue weighted by atomic mass is 10.1. The summed E-state index contributed by atoms with van der Waals surface area (Å²) in [6, 6.07) is 8.73. The van der Waals surface area contributed by atoms with Crippen molar-refractivity contribution in [3.8, 4) is 11.5 Å². The van der Waals surface area contributed by atoms with Crippen molar-refractivity contribution in [1.82, 2.24) is 4.90 Å². The van der Waals surface area contributed by atoms with Crippen molar-refractivity contribution in [2.45, 2.75) is 27.7 Å². The highest BCUT2D eigenvalue weighted by molar-refractivity contribution is 14.1. The minimum absolute atomic E-state index is 0.239. The first-order valence-electron chi connectivity index (χ1n) is 7.97. The van der Waals surface area contributed by atoms with Crippen molar-refractivity contribution in [2.24, 2.45) is 4.99 Å². The standard InChI is InChI=1S/C19H22FIN2O/c1-5-23(6-2)12-22-18-9-14(4)19(10-13(18)3)24-15-7-8-16(20)17(21)11-15/h7-12H,5-6H2,1-4H3. The van der Waals surface area contributed by atoms with E-state index in [0.29, 0.717) is 9.32 Å². The SMILES string of the molecule is CCN(C=Nc1cc(C)c(Oc2ccc(F)c(I)c2)cc1C)CC. The van der Waals surface area contributed by atoms with Crippen molar-refractivity contribution >= 4 is 34.6 Å². The average molecular weight is 440 g/mol. The molecule has 0 fully saturated rings. The zero-order valence-electron chi connectivity index (χ0n) is 14.4. The van der Waals surface area contributed by atoms with Crippen LogP contribution >= 0.6 is 22.6 Å². The van der Waals surface area contributed by atoms with Crippen LogP contribution in [0.4, 0.5) is 10.1 Å². The molecule has 0 radical (unpaired) electrons. The van der Waals surface area contributed by atoms with Crippen LogP contribution in [-0.2, 0) is 0 Å². The van der Waals surface area contributed by atoms with Crippen molar-refractivity contribution in [2.75, 3.05) is 13.1 Å². The highest BCUT2D eigenvalue weighted by atomic mass is 127. The molecule has 24 heavy (non-hydrogen) atoms. The average Bonchev–Trinajstić information content (AvgIpc) is 2.56. The molecule has 0 atom stereocenters. The van der Waals surface area contributed by atoms with Gasteiger partial charge < -0.3 is 9.64 Å². The molecule has 0 N–H and O–H groups in total. The van der Waals surface area contributed by atoms with Gasteiger partial charge in [-0.05, 0) is 91.7 Å². The molecule has 0 unspecified atom stereocenters. The largest absolute Gasteiger partial charge is 0.457 e. The maximum Gasteiger partial charge on any atom is 0.136 e. The van der Waals surface area contributed by atoms with Gasteiger partial charge in [-0.1, -0.05) is 0 Å². The van der Waals surface area contributed by atoms with E-state index in [4.69, 9.17) is 4.74 Å². The number of aryl methyl sites for hydroxylation is 2. The summed E-state index contributed by atoms with van der Waals surface area (Å²) in [5, 5.41) is 0. The Hall–Kier alpha value is -1.63. The maximum atomic E-state index is 13.4. The molecule has 128 valence electrons. The van der Waals surface area contributed by atoms with E-state index >= 15 is 0 Å².